The molecule has 0 saturated carbocycles. The van der Waals surface area contributed by atoms with Gasteiger partial charge in [0.05, 0.1) is 24.3 Å². The van der Waals surface area contributed by atoms with Crippen LogP contribution in [0.5, 0.6) is 5.75 Å². The molecule has 2 amide bonds. The molecular weight excluding hydrogens is 344 g/mol. The van der Waals surface area contributed by atoms with Crippen LogP contribution in [0.4, 0.5) is 5.69 Å². The van der Waals surface area contributed by atoms with E-state index in [2.05, 4.69) is 5.32 Å². The van der Waals surface area contributed by atoms with Crippen molar-refractivity contribution in [3.8, 4) is 5.75 Å². The Labute approximate surface area is 148 Å². The highest BCUT2D eigenvalue weighted by Crippen LogP contribution is 2.25. The molecule has 1 atom stereocenters. The Balaban J connectivity index is 1.98. The van der Waals surface area contributed by atoms with Crippen LogP contribution in [0.15, 0.2) is 18.2 Å². The molecule has 1 aliphatic heterocycles. The lowest BCUT2D eigenvalue weighted by molar-refractivity contribution is -0.131. The van der Waals surface area contributed by atoms with Gasteiger partial charge in [-0.15, -0.1) is 0 Å². The molecule has 25 heavy (non-hydrogen) atoms. The molecule has 1 fully saturated rings. The van der Waals surface area contributed by atoms with E-state index in [0.29, 0.717) is 17.9 Å². The minimum absolute atomic E-state index is 0.0279. The minimum Gasteiger partial charge on any atom is -0.495 e. The zero-order valence-corrected chi connectivity index (χ0v) is 15.6. The van der Waals surface area contributed by atoms with Crippen LogP contribution in [0, 0.1) is 6.92 Å². The van der Waals surface area contributed by atoms with Crippen molar-refractivity contribution in [2.75, 3.05) is 30.5 Å². The Morgan fingerprint density at radius 1 is 1.36 bits per heavy atom. The van der Waals surface area contributed by atoms with Crippen molar-refractivity contribution < 1.29 is 22.7 Å². The van der Waals surface area contributed by atoms with Gasteiger partial charge in [0.25, 0.3) is 0 Å². The van der Waals surface area contributed by atoms with E-state index in [0.717, 1.165) is 5.56 Å². The van der Waals surface area contributed by atoms with Gasteiger partial charge >= 0.3 is 0 Å². The van der Waals surface area contributed by atoms with E-state index in [9.17, 15) is 18.0 Å². The van der Waals surface area contributed by atoms with E-state index < -0.39 is 9.84 Å². The van der Waals surface area contributed by atoms with E-state index in [1.54, 1.807) is 6.07 Å². The molecule has 138 valence electrons. The zero-order valence-electron chi connectivity index (χ0n) is 14.7. The Hall–Kier alpha value is -2.09. The first-order chi connectivity index (χ1) is 11.7. The quantitative estimate of drug-likeness (QED) is 0.819. The second-order valence-corrected chi connectivity index (χ2v) is 8.50. The molecule has 1 aliphatic rings. The van der Waals surface area contributed by atoms with Gasteiger partial charge in [0.15, 0.2) is 9.84 Å². The lowest BCUT2D eigenvalue weighted by Crippen LogP contribution is -2.41. The second-order valence-electron chi connectivity index (χ2n) is 6.27. The molecule has 8 heteroatoms. The normalized spacial score (nSPS) is 18.6. The third kappa shape index (κ3) is 5.19. The van der Waals surface area contributed by atoms with Crippen molar-refractivity contribution >= 4 is 27.3 Å². The Morgan fingerprint density at radius 2 is 2.08 bits per heavy atom. The molecule has 0 bridgehead atoms. The van der Waals surface area contributed by atoms with Crippen LogP contribution in [0.2, 0.25) is 0 Å². The molecule has 2 rings (SSSR count). The topological polar surface area (TPSA) is 92.8 Å². The van der Waals surface area contributed by atoms with Crippen molar-refractivity contribution in [2.24, 2.45) is 0 Å². The molecule has 1 saturated heterocycles. The van der Waals surface area contributed by atoms with E-state index in [4.69, 9.17) is 4.74 Å². The molecule has 0 spiro atoms. The highest BCUT2D eigenvalue weighted by Gasteiger charge is 2.33. The van der Waals surface area contributed by atoms with Gasteiger partial charge in [0, 0.05) is 25.9 Å². The monoisotopic (exact) mass is 368 g/mol. The zero-order chi connectivity index (χ0) is 18.6. The number of benzene rings is 1. The number of nitrogens with one attached hydrogen (secondary N) is 1. The average molecular weight is 368 g/mol. The number of ether oxygens (including phenoxy) is 1. The molecule has 0 aromatic heterocycles. The van der Waals surface area contributed by atoms with Crippen molar-refractivity contribution in [3.05, 3.63) is 23.8 Å². The fraction of sp³-hybridized carbons (Fsp3) is 0.529. The first-order valence-electron chi connectivity index (χ1n) is 8.14. The number of nitrogens with zero attached hydrogens (tertiary/aromatic N) is 1. The maximum absolute atomic E-state index is 12.2. The summed E-state index contributed by atoms with van der Waals surface area (Å²) in [6.45, 7) is 3.50. The average Bonchev–Trinajstić information content (AvgIpc) is 2.87. The van der Waals surface area contributed by atoms with Gasteiger partial charge in [-0.2, -0.15) is 0 Å². The smallest absolute Gasteiger partial charge is 0.226 e. The number of hydrogen-bond donors (Lipinski definition) is 1. The number of rotatable bonds is 6. The number of sulfone groups is 1. The third-order valence-corrected chi connectivity index (χ3v) is 6.01. The van der Waals surface area contributed by atoms with Gasteiger partial charge in [-0.3, -0.25) is 9.59 Å². The highest BCUT2D eigenvalue weighted by molar-refractivity contribution is 7.91. The summed E-state index contributed by atoms with van der Waals surface area (Å²) in [6.07, 6.45) is 0.516. The van der Waals surface area contributed by atoms with Crippen molar-refractivity contribution in [2.45, 2.75) is 32.7 Å². The summed E-state index contributed by atoms with van der Waals surface area (Å²) in [4.78, 5) is 25.6. The standard InChI is InChI=1S/C17H24N2O5S/c1-12-4-5-16(24-3)15(10-12)18-17(21)6-8-19(13(2)20)14-7-9-25(22,23)11-14/h4-5,10,14H,6-9,11H2,1-3H3,(H,18,21). The SMILES string of the molecule is COc1ccc(C)cc1NC(=O)CCN(C(C)=O)C1CCS(=O)(=O)C1. The number of aryl methyl sites for hydroxylation is 1. The van der Waals surface area contributed by atoms with Crippen LogP contribution in [0.1, 0.15) is 25.3 Å². The predicted octanol–water partition coefficient (Wildman–Crippen LogP) is 1.37. The van der Waals surface area contributed by atoms with Gasteiger partial charge in [0.2, 0.25) is 11.8 Å². The Kier molecular flexibility index (Phi) is 6.05. The van der Waals surface area contributed by atoms with Crippen LogP contribution in [0.3, 0.4) is 0 Å². The van der Waals surface area contributed by atoms with Crippen LogP contribution >= 0.6 is 0 Å². The van der Waals surface area contributed by atoms with Crippen LogP contribution in [-0.2, 0) is 19.4 Å². The largest absolute Gasteiger partial charge is 0.495 e. The van der Waals surface area contributed by atoms with Crippen LogP contribution in [0.25, 0.3) is 0 Å². The fourth-order valence-electron chi connectivity index (χ4n) is 2.97. The summed E-state index contributed by atoms with van der Waals surface area (Å²) in [5.74, 6) is 0.150. The number of carbonyl (C=O) groups is 2. The summed E-state index contributed by atoms with van der Waals surface area (Å²) in [7, 11) is -1.56. The lowest BCUT2D eigenvalue weighted by Gasteiger charge is -2.26. The number of hydrogen-bond acceptors (Lipinski definition) is 5. The number of methoxy groups -OCH3 is 1. The molecule has 1 unspecified atom stereocenters. The molecule has 7 nitrogen and oxygen atoms in total. The van der Waals surface area contributed by atoms with Gasteiger partial charge < -0.3 is 15.0 Å². The minimum atomic E-state index is -3.09. The summed E-state index contributed by atoms with van der Waals surface area (Å²) in [6, 6.07) is 5.12. The van der Waals surface area contributed by atoms with Crippen LogP contribution < -0.4 is 10.1 Å². The number of carbonyl (C=O) groups excluding carboxylic acids is 2. The first kappa shape index (κ1) is 19.2. The van der Waals surface area contributed by atoms with E-state index >= 15 is 0 Å². The second kappa shape index (κ2) is 7.86. The molecule has 1 aromatic rings. The fourth-order valence-corrected chi connectivity index (χ4v) is 4.70. The molecule has 0 radical (unpaired) electrons. The van der Waals surface area contributed by atoms with Gasteiger partial charge in [-0.1, -0.05) is 6.07 Å². The maximum Gasteiger partial charge on any atom is 0.226 e. The van der Waals surface area contributed by atoms with Gasteiger partial charge in [-0.05, 0) is 31.0 Å². The first-order valence-corrected chi connectivity index (χ1v) is 9.96. The third-order valence-electron chi connectivity index (χ3n) is 4.26. The summed E-state index contributed by atoms with van der Waals surface area (Å²) in [5.41, 5.74) is 1.56. The lowest BCUT2D eigenvalue weighted by atomic mass is 10.2. The van der Waals surface area contributed by atoms with Crippen molar-refractivity contribution in [1.82, 2.24) is 4.90 Å². The summed E-state index contributed by atoms with van der Waals surface area (Å²) < 4.78 is 28.5. The number of anilines is 1. The molecule has 1 heterocycles. The molecule has 0 aliphatic carbocycles. The predicted molar refractivity (Wildman–Crippen MR) is 95.4 cm³/mol. The van der Waals surface area contributed by atoms with E-state index in [1.165, 1.54) is 18.9 Å². The van der Waals surface area contributed by atoms with Gasteiger partial charge in [0.1, 0.15) is 5.75 Å². The highest BCUT2D eigenvalue weighted by atomic mass is 32.2. The van der Waals surface area contributed by atoms with Crippen molar-refractivity contribution in [1.29, 1.82) is 0 Å². The van der Waals surface area contributed by atoms with Gasteiger partial charge in [-0.25, -0.2) is 8.42 Å². The summed E-state index contributed by atoms with van der Waals surface area (Å²) >= 11 is 0. The molecule has 1 aromatic carbocycles. The van der Waals surface area contributed by atoms with Crippen molar-refractivity contribution in [3.63, 3.8) is 0 Å². The Bertz CT molecular complexity index is 760. The van der Waals surface area contributed by atoms with E-state index in [-0.39, 0.29) is 42.3 Å². The summed E-state index contributed by atoms with van der Waals surface area (Å²) in [5, 5.41) is 2.78. The maximum atomic E-state index is 12.2. The molecule has 1 N–H and O–H groups in total. The molecular formula is C17H24N2O5S. The number of amides is 2. The Morgan fingerprint density at radius 3 is 2.64 bits per heavy atom. The van der Waals surface area contributed by atoms with Crippen LogP contribution in [-0.4, -0.2) is 56.3 Å². The van der Waals surface area contributed by atoms with E-state index in [1.807, 2.05) is 19.1 Å².